The summed E-state index contributed by atoms with van der Waals surface area (Å²) in [6.07, 6.45) is 0. The molecule has 11 heavy (non-hydrogen) atoms. The van der Waals surface area contributed by atoms with E-state index < -0.39 is 0 Å². The molecule has 0 saturated heterocycles. The Balaban J connectivity index is 2.97. The zero-order valence-electron chi connectivity index (χ0n) is 6.95. The van der Waals surface area contributed by atoms with E-state index in [9.17, 15) is 5.11 Å². The Morgan fingerprint density at radius 3 is 2.64 bits per heavy atom. The van der Waals surface area contributed by atoms with Crippen LogP contribution in [0.3, 0.4) is 0 Å². The van der Waals surface area contributed by atoms with Gasteiger partial charge in [0.15, 0.2) is 0 Å². The van der Waals surface area contributed by atoms with Crippen LogP contribution in [0.5, 0.6) is 0 Å². The summed E-state index contributed by atoms with van der Waals surface area (Å²) in [6.45, 7) is 2.26. The Kier molecular flexibility index (Phi) is 7.83. The van der Waals surface area contributed by atoms with Crippen LogP contribution in [-0.4, -0.2) is 56.6 Å². The standard InChI is InChI=1S/C7H16NO3/c1-8(2-4-9)3-6-11-7-5-10/h9H,2-7H2,1H3. The first-order valence-corrected chi connectivity index (χ1v) is 3.76. The largest absolute Gasteiger partial charge is 0.395 e. The van der Waals surface area contributed by atoms with Gasteiger partial charge in [0, 0.05) is 13.1 Å². The first-order valence-electron chi connectivity index (χ1n) is 3.76. The molecule has 0 aromatic rings. The highest BCUT2D eigenvalue weighted by molar-refractivity contribution is 4.47. The molecule has 0 aliphatic rings. The van der Waals surface area contributed by atoms with E-state index >= 15 is 0 Å². The molecule has 0 heterocycles. The molecule has 1 N–H and O–H groups in total. The molecule has 0 unspecified atom stereocenters. The Bertz CT molecular complexity index is 80.1. The third kappa shape index (κ3) is 7.74. The van der Waals surface area contributed by atoms with Crippen LogP contribution in [0.4, 0.5) is 0 Å². The lowest BCUT2D eigenvalue weighted by molar-refractivity contribution is 0.0526. The molecule has 0 rings (SSSR count). The highest BCUT2D eigenvalue weighted by Crippen LogP contribution is 1.81. The van der Waals surface area contributed by atoms with Crippen molar-refractivity contribution >= 4 is 0 Å². The van der Waals surface area contributed by atoms with Gasteiger partial charge in [-0.1, -0.05) is 0 Å². The number of hydrogen-bond acceptors (Lipinski definition) is 3. The smallest absolute Gasteiger partial charge is 0.106 e. The fraction of sp³-hybridized carbons (Fsp3) is 1.00. The van der Waals surface area contributed by atoms with E-state index in [4.69, 9.17) is 9.84 Å². The van der Waals surface area contributed by atoms with Gasteiger partial charge in [0.2, 0.25) is 0 Å². The summed E-state index contributed by atoms with van der Waals surface area (Å²) in [6, 6.07) is 0. The van der Waals surface area contributed by atoms with Gasteiger partial charge in [0.1, 0.15) is 6.61 Å². The van der Waals surface area contributed by atoms with Gasteiger partial charge in [-0.15, -0.1) is 0 Å². The number of ether oxygens (including phenoxy) is 1. The first-order chi connectivity index (χ1) is 5.31. The van der Waals surface area contributed by atoms with Crippen LogP contribution in [0.1, 0.15) is 0 Å². The van der Waals surface area contributed by atoms with Crippen molar-refractivity contribution in [3.8, 4) is 0 Å². The highest BCUT2D eigenvalue weighted by atomic mass is 16.5. The molecule has 0 atom stereocenters. The maximum Gasteiger partial charge on any atom is 0.106 e. The van der Waals surface area contributed by atoms with Crippen LogP contribution in [0.25, 0.3) is 0 Å². The number of hydrogen-bond donors (Lipinski definition) is 1. The average Bonchev–Trinajstić information content (AvgIpc) is 1.99. The molecule has 0 fully saturated rings. The van der Waals surface area contributed by atoms with Crippen LogP contribution < -0.4 is 0 Å². The van der Waals surface area contributed by atoms with E-state index in [2.05, 4.69) is 0 Å². The SMILES string of the molecule is CN(CCO)CCOCC[O]. The molecule has 4 heteroatoms. The fourth-order valence-corrected chi connectivity index (χ4v) is 0.664. The number of aliphatic hydroxyl groups excluding tert-OH is 1. The minimum absolute atomic E-state index is 0.165. The van der Waals surface area contributed by atoms with Crippen molar-refractivity contribution in [1.82, 2.24) is 4.90 Å². The quantitative estimate of drug-likeness (QED) is 0.506. The second-order valence-corrected chi connectivity index (χ2v) is 2.34. The zero-order valence-corrected chi connectivity index (χ0v) is 6.95. The van der Waals surface area contributed by atoms with Gasteiger partial charge in [-0.2, -0.15) is 0 Å². The predicted octanol–water partition coefficient (Wildman–Crippen LogP) is -0.642. The van der Waals surface area contributed by atoms with E-state index in [0.717, 1.165) is 6.54 Å². The van der Waals surface area contributed by atoms with E-state index in [1.165, 1.54) is 0 Å². The molecule has 0 saturated carbocycles. The van der Waals surface area contributed by atoms with Gasteiger partial charge in [-0.25, -0.2) is 5.11 Å². The lowest BCUT2D eigenvalue weighted by Crippen LogP contribution is -2.26. The normalized spacial score (nSPS) is 10.9. The summed E-state index contributed by atoms with van der Waals surface area (Å²) >= 11 is 0. The third-order valence-electron chi connectivity index (χ3n) is 1.33. The Morgan fingerprint density at radius 1 is 1.36 bits per heavy atom. The van der Waals surface area contributed by atoms with Crippen molar-refractivity contribution < 1.29 is 14.9 Å². The van der Waals surface area contributed by atoms with Crippen molar-refractivity contribution in [3.63, 3.8) is 0 Å². The minimum Gasteiger partial charge on any atom is -0.395 e. The molecular weight excluding hydrogens is 146 g/mol. The second kappa shape index (κ2) is 7.94. The number of nitrogens with zero attached hydrogens (tertiary/aromatic N) is 1. The maximum absolute atomic E-state index is 9.92. The maximum atomic E-state index is 9.92. The molecule has 0 aromatic heterocycles. The lowest BCUT2D eigenvalue weighted by Gasteiger charge is -2.14. The molecule has 0 aromatic carbocycles. The molecule has 1 radical (unpaired) electrons. The van der Waals surface area contributed by atoms with Crippen LogP contribution in [0.15, 0.2) is 0 Å². The average molecular weight is 162 g/mol. The summed E-state index contributed by atoms with van der Waals surface area (Å²) in [5.74, 6) is 0. The number of rotatable bonds is 7. The van der Waals surface area contributed by atoms with Crippen molar-refractivity contribution in [2.24, 2.45) is 0 Å². The third-order valence-corrected chi connectivity index (χ3v) is 1.33. The van der Waals surface area contributed by atoms with Crippen molar-refractivity contribution in [2.45, 2.75) is 0 Å². The van der Waals surface area contributed by atoms with Crippen LogP contribution in [-0.2, 0) is 9.84 Å². The molecule has 0 aliphatic carbocycles. The van der Waals surface area contributed by atoms with Crippen molar-refractivity contribution in [2.75, 3.05) is 46.6 Å². The van der Waals surface area contributed by atoms with Gasteiger partial charge in [-0.05, 0) is 7.05 Å². The molecule has 0 aliphatic heterocycles. The molecule has 0 spiro atoms. The van der Waals surface area contributed by atoms with Crippen molar-refractivity contribution in [1.29, 1.82) is 0 Å². The zero-order chi connectivity index (χ0) is 8.53. The summed E-state index contributed by atoms with van der Waals surface area (Å²) < 4.78 is 4.96. The van der Waals surface area contributed by atoms with Gasteiger partial charge in [0.25, 0.3) is 0 Å². The van der Waals surface area contributed by atoms with Gasteiger partial charge in [-0.3, -0.25) is 0 Å². The number of likely N-dealkylation sites (N-methyl/N-ethyl adjacent to an activating group) is 1. The molecule has 4 nitrogen and oxygen atoms in total. The monoisotopic (exact) mass is 162 g/mol. The highest BCUT2D eigenvalue weighted by Gasteiger charge is 1.95. The fourth-order valence-electron chi connectivity index (χ4n) is 0.664. The minimum atomic E-state index is -0.177. The molecular formula is C7H16NO3. The molecule has 0 amide bonds. The van der Waals surface area contributed by atoms with Gasteiger partial charge >= 0.3 is 0 Å². The van der Waals surface area contributed by atoms with Crippen LogP contribution >= 0.6 is 0 Å². The van der Waals surface area contributed by atoms with Crippen LogP contribution in [0, 0.1) is 0 Å². The van der Waals surface area contributed by atoms with E-state index in [-0.39, 0.29) is 19.8 Å². The van der Waals surface area contributed by atoms with E-state index in [1.54, 1.807) is 0 Å². The topological polar surface area (TPSA) is 52.6 Å². The Labute approximate surface area is 67.4 Å². The van der Waals surface area contributed by atoms with Gasteiger partial charge < -0.3 is 14.7 Å². The lowest BCUT2D eigenvalue weighted by atomic mass is 10.5. The van der Waals surface area contributed by atoms with Crippen molar-refractivity contribution in [3.05, 3.63) is 0 Å². The number of aliphatic hydroxyl groups is 1. The summed E-state index contributed by atoms with van der Waals surface area (Å²) in [4.78, 5) is 1.95. The van der Waals surface area contributed by atoms with Crippen LogP contribution in [0.2, 0.25) is 0 Å². The van der Waals surface area contributed by atoms with Gasteiger partial charge in [0.05, 0.1) is 19.8 Å². The summed E-state index contributed by atoms with van der Waals surface area (Å²) in [7, 11) is 1.90. The first kappa shape index (κ1) is 10.8. The molecule has 0 bridgehead atoms. The molecule has 67 valence electrons. The summed E-state index contributed by atoms with van der Waals surface area (Å²) in [5.41, 5.74) is 0. The Morgan fingerprint density at radius 2 is 2.09 bits per heavy atom. The summed E-state index contributed by atoms with van der Waals surface area (Å²) in [5, 5.41) is 18.4. The van der Waals surface area contributed by atoms with E-state index in [0.29, 0.717) is 13.2 Å². The second-order valence-electron chi connectivity index (χ2n) is 2.34. The van der Waals surface area contributed by atoms with E-state index in [1.807, 2.05) is 11.9 Å². The Hall–Kier alpha value is -0.160. The predicted molar refractivity (Wildman–Crippen MR) is 41.0 cm³/mol.